The number of hydrogen-bond donors (Lipinski definition) is 0. The maximum atomic E-state index is 5.14. The lowest BCUT2D eigenvalue weighted by Gasteiger charge is -2.10. The lowest BCUT2D eigenvalue weighted by molar-refractivity contribution is 0.992. The van der Waals surface area contributed by atoms with Crippen molar-refractivity contribution in [3.8, 4) is 45.1 Å². The van der Waals surface area contributed by atoms with Gasteiger partial charge < -0.3 is 4.57 Å². The van der Waals surface area contributed by atoms with Crippen molar-refractivity contribution in [1.82, 2.24) is 19.1 Å². The molecule has 0 aliphatic heterocycles. The van der Waals surface area contributed by atoms with E-state index in [1.165, 1.54) is 49.4 Å². The second-order valence-corrected chi connectivity index (χ2v) is 12.7. The molecule has 0 saturated heterocycles. The lowest BCUT2D eigenvalue weighted by atomic mass is 9.98. The predicted octanol–water partition coefficient (Wildman–Crippen LogP) is 11.7. The molecule has 0 atom stereocenters. The third kappa shape index (κ3) is 4.54. The van der Waals surface area contributed by atoms with E-state index in [2.05, 4.69) is 179 Å². The van der Waals surface area contributed by atoms with Crippen LogP contribution in [-0.2, 0) is 0 Å². The second-order valence-electron chi connectivity index (χ2n) is 12.7. The Balaban J connectivity index is 1.06. The molecule has 0 spiro atoms. The van der Waals surface area contributed by atoms with Gasteiger partial charge in [-0.25, -0.2) is 9.97 Å². The molecule has 4 heteroatoms. The van der Waals surface area contributed by atoms with Crippen LogP contribution < -0.4 is 0 Å². The number of hydrogen-bond acceptors (Lipinski definition) is 2. The van der Waals surface area contributed by atoms with Crippen LogP contribution in [-0.4, -0.2) is 19.1 Å². The summed E-state index contributed by atoms with van der Waals surface area (Å²) in [5, 5.41) is 4.84. The molecule has 3 heterocycles. The van der Waals surface area contributed by atoms with E-state index in [-0.39, 0.29) is 0 Å². The van der Waals surface area contributed by atoms with E-state index in [4.69, 9.17) is 9.97 Å². The Morgan fingerprint density at radius 1 is 0.340 bits per heavy atom. The minimum atomic E-state index is 0.651. The molecule has 0 N–H and O–H groups in total. The fraction of sp³-hybridized carbons (Fsp3) is 0. The van der Waals surface area contributed by atoms with Crippen molar-refractivity contribution in [2.75, 3.05) is 0 Å². The monoisotopic (exact) mass is 638 g/mol. The Labute approximate surface area is 289 Å². The minimum absolute atomic E-state index is 0.651. The first kappa shape index (κ1) is 28.3. The van der Waals surface area contributed by atoms with Gasteiger partial charge in [-0.2, -0.15) is 0 Å². The van der Waals surface area contributed by atoms with Crippen LogP contribution in [0.5, 0.6) is 0 Å². The van der Waals surface area contributed by atoms with Gasteiger partial charge in [-0.15, -0.1) is 0 Å². The smallest absolute Gasteiger partial charge is 0.235 e. The van der Waals surface area contributed by atoms with Gasteiger partial charge in [0.25, 0.3) is 0 Å². The van der Waals surface area contributed by atoms with Crippen LogP contribution >= 0.6 is 0 Å². The SMILES string of the molecule is c1ccc(-c2cccc(-c3ccc(-c4ccnc(-n5c6ccccc6c6cc(-n7c8ccccc8c8ccccc87)ccc65)n4)cc3)c2)cc1. The van der Waals surface area contributed by atoms with Gasteiger partial charge in [0.05, 0.1) is 27.8 Å². The van der Waals surface area contributed by atoms with Gasteiger partial charge in [0.15, 0.2) is 0 Å². The first-order valence-electron chi connectivity index (χ1n) is 16.9. The van der Waals surface area contributed by atoms with E-state index in [1.54, 1.807) is 0 Å². The van der Waals surface area contributed by atoms with Crippen LogP contribution in [0.3, 0.4) is 0 Å². The number of benzene rings is 7. The van der Waals surface area contributed by atoms with Gasteiger partial charge in [-0.05, 0) is 70.8 Å². The van der Waals surface area contributed by atoms with E-state index < -0.39 is 0 Å². The third-order valence-corrected chi connectivity index (χ3v) is 9.82. The van der Waals surface area contributed by atoms with Crippen molar-refractivity contribution in [2.24, 2.45) is 0 Å². The summed E-state index contributed by atoms with van der Waals surface area (Å²) in [6.07, 6.45) is 1.86. The van der Waals surface area contributed by atoms with Gasteiger partial charge in [0.1, 0.15) is 0 Å². The molecule has 10 rings (SSSR count). The maximum Gasteiger partial charge on any atom is 0.235 e. The summed E-state index contributed by atoms with van der Waals surface area (Å²) in [4.78, 5) is 9.95. The Morgan fingerprint density at radius 2 is 0.860 bits per heavy atom. The van der Waals surface area contributed by atoms with Crippen molar-refractivity contribution in [2.45, 2.75) is 0 Å². The third-order valence-electron chi connectivity index (χ3n) is 9.82. The largest absolute Gasteiger partial charge is 0.309 e. The van der Waals surface area contributed by atoms with Crippen LogP contribution in [0.1, 0.15) is 0 Å². The van der Waals surface area contributed by atoms with E-state index in [9.17, 15) is 0 Å². The summed E-state index contributed by atoms with van der Waals surface area (Å²) in [5.74, 6) is 0.651. The highest BCUT2D eigenvalue weighted by molar-refractivity contribution is 6.12. The summed E-state index contributed by atoms with van der Waals surface area (Å²) in [6.45, 7) is 0. The molecule has 234 valence electrons. The zero-order chi connectivity index (χ0) is 33.0. The van der Waals surface area contributed by atoms with E-state index in [0.29, 0.717) is 5.95 Å². The Bertz CT molecular complexity index is 2810. The maximum absolute atomic E-state index is 5.14. The molecule has 0 saturated carbocycles. The molecule has 0 fully saturated rings. The molecule has 0 amide bonds. The van der Waals surface area contributed by atoms with Crippen LogP contribution in [0.25, 0.3) is 88.8 Å². The van der Waals surface area contributed by atoms with Crippen molar-refractivity contribution in [3.05, 3.63) is 182 Å². The normalized spacial score (nSPS) is 11.6. The quantitative estimate of drug-likeness (QED) is 0.188. The fourth-order valence-electron chi connectivity index (χ4n) is 7.48. The van der Waals surface area contributed by atoms with Gasteiger partial charge in [0, 0.05) is 39.0 Å². The molecule has 0 aliphatic rings. The molecule has 10 aromatic rings. The summed E-state index contributed by atoms with van der Waals surface area (Å²) in [7, 11) is 0. The average Bonchev–Trinajstić information content (AvgIpc) is 3.71. The molecule has 0 aliphatic carbocycles. The number of nitrogens with zero attached hydrogens (tertiary/aromatic N) is 4. The summed E-state index contributed by atoms with van der Waals surface area (Å²) in [6, 6.07) is 62.4. The van der Waals surface area contributed by atoms with Gasteiger partial charge in [-0.1, -0.05) is 127 Å². The molecular weight excluding hydrogens is 609 g/mol. The molecule has 50 heavy (non-hydrogen) atoms. The van der Waals surface area contributed by atoms with Crippen molar-refractivity contribution < 1.29 is 0 Å². The second kappa shape index (κ2) is 11.4. The highest BCUT2D eigenvalue weighted by Gasteiger charge is 2.17. The first-order valence-corrected chi connectivity index (χ1v) is 16.9. The molecule has 0 unspecified atom stereocenters. The van der Waals surface area contributed by atoms with E-state index >= 15 is 0 Å². The molecule has 7 aromatic carbocycles. The predicted molar refractivity (Wildman–Crippen MR) is 207 cm³/mol. The van der Waals surface area contributed by atoms with Crippen LogP contribution in [0.4, 0.5) is 0 Å². The number of fused-ring (bicyclic) bond motifs is 6. The van der Waals surface area contributed by atoms with Gasteiger partial charge in [-0.3, -0.25) is 4.57 Å². The molecule has 0 radical (unpaired) electrons. The summed E-state index contributed by atoms with van der Waals surface area (Å²) < 4.78 is 4.56. The summed E-state index contributed by atoms with van der Waals surface area (Å²) in [5.41, 5.74) is 12.4. The number of aromatic nitrogens is 4. The van der Waals surface area contributed by atoms with Crippen LogP contribution in [0.15, 0.2) is 182 Å². The van der Waals surface area contributed by atoms with E-state index in [1.807, 2.05) is 12.3 Å². The Morgan fingerprint density at radius 3 is 1.54 bits per heavy atom. The average molecular weight is 639 g/mol. The molecule has 4 nitrogen and oxygen atoms in total. The summed E-state index contributed by atoms with van der Waals surface area (Å²) >= 11 is 0. The Kier molecular flexibility index (Phi) is 6.46. The van der Waals surface area contributed by atoms with Crippen molar-refractivity contribution in [3.63, 3.8) is 0 Å². The number of rotatable bonds is 5. The Hall–Kier alpha value is -6.78. The minimum Gasteiger partial charge on any atom is -0.309 e. The van der Waals surface area contributed by atoms with Crippen molar-refractivity contribution >= 4 is 43.6 Å². The van der Waals surface area contributed by atoms with Crippen LogP contribution in [0.2, 0.25) is 0 Å². The fourth-order valence-corrected chi connectivity index (χ4v) is 7.48. The number of para-hydroxylation sites is 3. The first-order chi connectivity index (χ1) is 24.8. The topological polar surface area (TPSA) is 35.6 Å². The lowest BCUT2D eigenvalue weighted by Crippen LogP contribution is -2.02. The standard InChI is InChI=1S/C46H30N4/c1-2-11-31(12-3-1)34-13-10-14-35(29-34)32-21-23-33(24-22-32)41-27-28-47-46(48-41)50-44-20-9-6-17-39(44)40-30-36(25-26-45(40)50)49-42-18-7-4-15-37(42)38-16-5-8-19-43(38)49/h1-30H. The van der Waals surface area contributed by atoms with Gasteiger partial charge in [0.2, 0.25) is 5.95 Å². The molecular formula is C46H30N4. The zero-order valence-electron chi connectivity index (χ0n) is 27.1. The molecule has 3 aromatic heterocycles. The molecule has 0 bridgehead atoms. The van der Waals surface area contributed by atoms with Crippen LogP contribution in [0, 0.1) is 0 Å². The highest BCUT2D eigenvalue weighted by atomic mass is 15.2. The van der Waals surface area contributed by atoms with E-state index in [0.717, 1.165) is 33.4 Å². The van der Waals surface area contributed by atoms with Crippen molar-refractivity contribution in [1.29, 1.82) is 0 Å². The van der Waals surface area contributed by atoms with Gasteiger partial charge >= 0.3 is 0 Å². The highest BCUT2D eigenvalue weighted by Crippen LogP contribution is 2.37. The zero-order valence-corrected chi connectivity index (χ0v) is 27.1.